The van der Waals surface area contributed by atoms with Gasteiger partial charge in [0.15, 0.2) is 5.69 Å². The van der Waals surface area contributed by atoms with E-state index in [4.69, 9.17) is 16.0 Å². The SMILES string of the molecule is CCCCNC(=O)c1nc(-c2ccccc2Cl)oc1C. The van der Waals surface area contributed by atoms with Crippen LogP contribution in [0.3, 0.4) is 0 Å². The normalized spacial score (nSPS) is 10.6. The second kappa shape index (κ2) is 6.57. The number of hydrogen-bond donors (Lipinski definition) is 1. The number of aromatic nitrogens is 1. The third kappa shape index (κ3) is 3.20. The second-order valence-electron chi connectivity index (χ2n) is 4.51. The van der Waals surface area contributed by atoms with Crippen molar-refractivity contribution in [2.24, 2.45) is 0 Å². The summed E-state index contributed by atoms with van der Waals surface area (Å²) < 4.78 is 5.55. The van der Waals surface area contributed by atoms with Gasteiger partial charge in [-0.3, -0.25) is 4.79 Å². The van der Waals surface area contributed by atoms with E-state index in [9.17, 15) is 4.79 Å². The Bertz CT molecular complexity index is 608. The molecule has 1 N–H and O–H groups in total. The van der Waals surface area contributed by atoms with Gasteiger partial charge in [-0.25, -0.2) is 4.98 Å². The Balaban J connectivity index is 2.22. The average molecular weight is 293 g/mol. The third-order valence-electron chi connectivity index (χ3n) is 2.93. The zero-order valence-corrected chi connectivity index (χ0v) is 12.3. The first-order valence-corrected chi connectivity index (χ1v) is 7.01. The Kier molecular flexibility index (Phi) is 4.79. The van der Waals surface area contributed by atoms with Crippen LogP contribution in [0.25, 0.3) is 11.5 Å². The summed E-state index contributed by atoms with van der Waals surface area (Å²) in [7, 11) is 0. The number of nitrogens with zero attached hydrogens (tertiary/aromatic N) is 1. The number of oxazole rings is 1. The maximum atomic E-state index is 12.0. The predicted octanol–water partition coefficient (Wildman–Crippen LogP) is 3.83. The zero-order chi connectivity index (χ0) is 14.5. The molecule has 0 fully saturated rings. The first kappa shape index (κ1) is 14.6. The van der Waals surface area contributed by atoms with Crippen molar-refractivity contribution in [3.05, 3.63) is 40.7 Å². The van der Waals surface area contributed by atoms with Crippen LogP contribution in [-0.4, -0.2) is 17.4 Å². The summed E-state index contributed by atoms with van der Waals surface area (Å²) in [6.45, 7) is 4.44. The van der Waals surface area contributed by atoms with Gasteiger partial charge >= 0.3 is 0 Å². The third-order valence-corrected chi connectivity index (χ3v) is 3.26. The molecule has 0 saturated heterocycles. The Morgan fingerprint density at radius 3 is 2.85 bits per heavy atom. The summed E-state index contributed by atoms with van der Waals surface area (Å²) in [6, 6.07) is 7.26. The van der Waals surface area contributed by atoms with E-state index >= 15 is 0 Å². The molecule has 0 radical (unpaired) electrons. The molecular weight excluding hydrogens is 276 g/mol. The summed E-state index contributed by atoms with van der Waals surface area (Å²) in [5.41, 5.74) is 1.00. The van der Waals surface area contributed by atoms with Gasteiger partial charge in [-0.05, 0) is 25.5 Å². The van der Waals surface area contributed by atoms with Crippen molar-refractivity contribution in [3.8, 4) is 11.5 Å². The van der Waals surface area contributed by atoms with E-state index in [1.165, 1.54) is 0 Å². The number of carbonyl (C=O) groups is 1. The predicted molar refractivity (Wildman–Crippen MR) is 78.9 cm³/mol. The second-order valence-corrected chi connectivity index (χ2v) is 4.92. The molecule has 2 rings (SSSR count). The average Bonchev–Trinajstić information content (AvgIpc) is 2.81. The smallest absolute Gasteiger partial charge is 0.273 e. The lowest BCUT2D eigenvalue weighted by atomic mass is 10.2. The van der Waals surface area contributed by atoms with Crippen molar-refractivity contribution in [1.29, 1.82) is 0 Å². The number of aryl methyl sites for hydroxylation is 1. The molecular formula is C15H17ClN2O2. The van der Waals surface area contributed by atoms with Crippen LogP contribution in [0.1, 0.15) is 36.0 Å². The monoisotopic (exact) mass is 292 g/mol. The van der Waals surface area contributed by atoms with Gasteiger partial charge < -0.3 is 9.73 Å². The largest absolute Gasteiger partial charge is 0.441 e. The maximum Gasteiger partial charge on any atom is 0.273 e. The number of nitrogens with one attached hydrogen (secondary N) is 1. The molecule has 0 aliphatic carbocycles. The van der Waals surface area contributed by atoms with Gasteiger partial charge in [0, 0.05) is 6.54 Å². The summed E-state index contributed by atoms with van der Waals surface area (Å²) in [4.78, 5) is 16.3. The molecule has 4 nitrogen and oxygen atoms in total. The van der Waals surface area contributed by atoms with Crippen molar-refractivity contribution in [1.82, 2.24) is 10.3 Å². The van der Waals surface area contributed by atoms with Gasteiger partial charge in [0.2, 0.25) is 5.89 Å². The van der Waals surface area contributed by atoms with Crippen molar-refractivity contribution in [3.63, 3.8) is 0 Å². The molecule has 5 heteroatoms. The van der Waals surface area contributed by atoms with Gasteiger partial charge in [0.05, 0.1) is 10.6 Å². The number of benzene rings is 1. The van der Waals surface area contributed by atoms with Crippen LogP contribution in [0, 0.1) is 6.92 Å². The Morgan fingerprint density at radius 1 is 1.40 bits per heavy atom. The van der Waals surface area contributed by atoms with E-state index in [1.54, 1.807) is 13.0 Å². The van der Waals surface area contributed by atoms with Crippen LogP contribution in [0.2, 0.25) is 5.02 Å². The minimum atomic E-state index is -0.210. The molecule has 20 heavy (non-hydrogen) atoms. The molecule has 1 aromatic carbocycles. The Labute approximate surface area is 123 Å². The van der Waals surface area contributed by atoms with Gasteiger partial charge in [-0.1, -0.05) is 37.1 Å². The highest BCUT2D eigenvalue weighted by Gasteiger charge is 2.18. The highest BCUT2D eigenvalue weighted by atomic mass is 35.5. The topological polar surface area (TPSA) is 55.1 Å². The molecule has 0 bridgehead atoms. The maximum absolute atomic E-state index is 12.0. The molecule has 0 spiro atoms. The molecule has 0 aliphatic heterocycles. The van der Waals surface area contributed by atoms with Crippen LogP contribution in [0.5, 0.6) is 0 Å². The molecule has 0 atom stereocenters. The van der Waals surface area contributed by atoms with Crippen molar-refractivity contribution in [2.75, 3.05) is 6.54 Å². The fourth-order valence-electron chi connectivity index (χ4n) is 1.82. The lowest BCUT2D eigenvalue weighted by molar-refractivity contribution is 0.0947. The molecule has 0 unspecified atom stereocenters. The van der Waals surface area contributed by atoms with Crippen molar-refractivity contribution < 1.29 is 9.21 Å². The van der Waals surface area contributed by atoms with Crippen LogP contribution in [0.4, 0.5) is 0 Å². The first-order chi connectivity index (χ1) is 9.63. The standard InChI is InChI=1S/C15H17ClN2O2/c1-3-4-9-17-14(19)13-10(2)20-15(18-13)11-7-5-6-8-12(11)16/h5-8H,3-4,9H2,1-2H3,(H,17,19). The Morgan fingerprint density at radius 2 is 2.15 bits per heavy atom. The van der Waals surface area contributed by atoms with Gasteiger partial charge in [-0.15, -0.1) is 0 Å². The number of unbranched alkanes of at least 4 members (excludes halogenated alkanes) is 1. The van der Waals surface area contributed by atoms with Crippen LogP contribution >= 0.6 is 11.6 Å². The van der Waals surface area contributed by atoms with Gasteiger partial charge in [0.1, 0.15) is 5.76 Å². The number of hydrogen-bond acceptors (Lipinski definition) is 3. The number of carbonyl (C=O) groups excluding carboxylic acids is 1. The van der Waals surface area contributed by atoms with E-state index in [-0.39, 0.29) is 5.91 Å². The summed E-state index contributed by atoms with van der Waals surface area (Å²) >= 11 is 6.10. The first-order valence-electron chi connectivity index (χ1n) is 6.64. The molecule has 0 aliphatic rings. The van der Waals surface area contributed by atoms with Gasteiger partial charge in [-0.2, -0.15) is 0 Å². The highest BCUT2D eigenvalue weighted by molar-refractivity contribution is 6.33. The minimum Gasteiger partial charge on any atom is -0.441 e. The summed E-state index contributed by atoms with van der Waals surface area (Å²) in [5.74, 6) is 0.653. The fourth-order valence-corrected chi connectivity index (χ4v) is 2.04. The molecule has 1 heterocycles. The quantitative estimate of drug-likeness (QED) is 0.852. The molecule has 2 aromatic rings. The van der Waals surface area contributed by atoms with E-state index in [0.717, 1.165) is 12.8 Å². The number of halogens is 1. The van der Waals surface area contributed by atoms with E-state index in [0.29, 0.717) is 34.5 Å². The lowest BCUT2D eigenvalue weighted by Gasteiger charge is -2.01. The van der Waals surface area contributed by atoms with Crippen molar-refractivity contribution >= 4 is 17.5 Å². The number of rotatable bonds is 5. The molecule has 106 valence electrons. The highest BCUT2D eigenvalue weighted by Crippen LogP contribution is 2.28. The molecule has 1 amide bonds. The molecule has 1 aromatic heterocycles. The Hall–Kier alpha value is -1.81. The lowest BCUT2D eigenvalue weighted by Crippen LogP contribution is -2.25. The number of amides is 1. The van der Waals surface area contributed by atoms with E-state index in [1.807, 2.05) is 18.2 Å². The summed E-state index contributed by atoms with van der Waals surface area (Å²) in [6.07, 6.45) is 1.98. The minimum absolute atomic E-state index is 0.210. The van der Waals surface area contributed by atoms with Crippen LogP contribution < -0.4 is 5.32 Å². The van der Waals surface area contributed by atoms with Crippen LogP contribution in [-0.2, 0) is 0 Å². The fraction of sp³-hybridized carbons (Fsp3) is 0.333. The van der Waals surface area contributed by atoms with E-state index in [2.05, 4.69) is 17.2 Å². The van der Waals surface area contributed by atoms with Crippen molar-refractivity contribution in [2.45, 2.75) is 26.7 Å². The van der Waals surface area contributed by atoms with Crippen LogP contribution in [0.15, 0.2) is 28.7 Å². The molecule has 0 saturated carbocycles. The summed E-state index contributed by atoms with van der Waals surface area (Å²) in [5, 5.41) is 3.37. The van der Waals surface area contributed by atoms with E-state index < -0.39 is 0 Å². The van der Waals surface area contributed by atoms with Gasteiger partial charge in [0.25, 0.3) is 5.91 Å². The zero-order valence-electron chi connectivity index (χ0n) is 11.6.